The lowest BCUT2D eigenvalue weighted by Gasteiger charge is -2.26. The molecule has 0 saturated carbocycles. The zero-order valence-electron chi connectivity index (χ0n) is 17.9. The van der Waals surface area contributed by atoms with Crippen LogP contribution in [0.25, 0.3) is 17.0 Å². The van der Waals surface area contributed by atoms with Crippen LogP contribution in [0, 0.1) is 5.82 Å². The Morgan fingerprint density at radius 1 is 1.15 bits per heavy atom. The van der Waals surface area contributed by atoms with Crippen LogP contribution < -0.4 is 4.90 Å². The highest BCUT2D eigenvalue weighted by Crippen LogP contribution is 2.40. The standard InChI is InChI=1S/C24H23F2N5O2/c1-14(32)8-15-6-7-27-19(9-15)21-12-28-23-4-5-24(29-31(21)23)30-13-17(26)11-20(30)18-10-16(25)2-3-22(18)33/h2-7,9-10,12,14,17,20,32-33H,8,11,13H2,1H3/t14-,17-,20+/m0/s1. The molecule has 0 aliphatic carbocycles. The van der Waals surface area contributed by atoms with E-state index in [4.69, 9.17) is 5.10 Å². The zero-order valence-corrected chi connectivity index (χ0v) is 17.9. The van der Waals surface area contributed by atoms with Gasteiger partial charge in [-0.25, -0.2) is 18.3 Å². The summed E-state index contributed by atoms with van der Waals surface area (Å²) >= 11 is 0. The number of fused-ring (bicyclic) bond motifs is 1. The normalized spacial score (nSPS) is 19.3. The molecule has 33 heavy (non-hydrogen) atoms. The summed E-state index contributed by atoms with van der Waals surface area (Å²) in [5.41, 5.74) is 3.16. The molecule has 1 aliphatic rings. The maximum Gasteiger partial charge on any atom is 0.154 e. The molecule has 4 aromatic rings. The Labute approximate surface area is 189 Å². The van der Waals surface area contributed by atoms with Crippen molar-refractivity contribution in [3.8, 4) is 17.1 Å². The Kier molecular flexibility index (Phi) is 5.41. The van der Waals surface area contributed by atoms with Gasteiger partial charge in [0, 0.05) is 18.2 Å². The summed E-state index contributed by atoms with van der Waals surface area (Å²) in [5, 5.41) is 24.7. The van der Waals surface area contributed by atoms with Crippen LogP contribution in [0.5, 0.6) is 5.75 Å². The molecule has 170 valence electrons. The van der Waals surface area contributed by atoms with Gasteiger partial charge in [0.2, 0.25) is 0 Å². The van der Waals surface area contributed by atoms with Gasteiger partial charge in [0.25, 0.3) is 0 Å². The second-order valence-electron chi connectivity index (χ2n) is 8.41. The number of rotatable bonds is 5. The molecule has 0 radical (unpaired) electrons. The number of hydrogen-bond acceptors (Lipinski definition) is 6. The van der Waals surface area contributed by atoms with Crippen LogP contribution in [0.1, 0.15) is 30.5 Å². The van der Waals surface area contributed by atoms with Gasteiger partial charge in [0.05, 0.1) is 30.6 Å². The molecule has 1 aromatic carbocycles. The third-order valence-corrected chi connectivity index (χ3v) is 5.86. The van der Waals surface area contributed by atoms with Crippen molar-refractivity contribution in [2.75, 3.05) is 11.4 Å². The first-order valence-electron chi connectivity index (χ1n) is 10.8. The quantitative estimate of drug-likeness (QED) is 0.479. The van der Waals surface area contributed by atoms with E-state index < -0.39 is 24.1 Å². The van der Waals surface area contributed by atoms with Crippen LogP contribution in [0.3, 0.4) is 0 Å². The summed E-state index contributed by atoms with van der Waals surface area (Å²) in [5.74, 6) is -0.0896. The molecule has 9 heteroatoms. The number of anilines is 1. The number of aromatic hydroxyl groups is 1. The van der Waals surface area contributed by atoms with Gasteiger partial charge in [-0.1, -0.05) is 0 Å². The molecular formula is C24H23F2N5O2. The minimum absolute atomic E-state index is 0.0747. The summed E-state index contributed by atoms with van der Waals surface area (Å²) in [6, 6.07) is 10.4. The monoisotopic (exact) mass is 451 g/mol. The van der Waals surface area contributed by atoms with E-state index in [-0.39, 0.29) is 18.7 Å². The Morgan fingerprint density at radius 3 is 2.82 bits per heavy atom. The number of pyridine rings is 1. The Bertz CT molecular complexity index is 1310. The van der Waals surface area contributed by atoms with Crippen molar-refractivity contribution in [2.45, 2.75) is 38.1 Å². The van der Waals surface area contributed by atoms with Gasteiger partial charge in [0.1, 0.15) is 29.3 Å². The summed E-state index contributed by atoms with van der Waals surface area (Å²) in [4.78, 5) is 10.6. The zero-order chi connectivity index (χ0) is 23.1. The molecule has 0 bridgehead atoms. The van der Waals surface area contributed by atoms with E-state index >= 15 is 0 Å². The highest BCUT2D eigenvalue weighted by molar-refractivity contribution is 5.61. The van der Waals surface area contributed by atoms with E-state index in [1.165, 1.54) is 18.2 Å². The molecule has 3 aromatic heterocycles. The van der Waals surface area contributed by atoms with Gasteiger partial charge < -0.3 is 15.1 Å². The molecule has 2 N–H and O–H groups in total. The average Bonchev–Trinajstić information content (AvgIpc) is 3.38. The minimum Gasteiger partial charge on any atom is -0.508 e. The topological polar surface area (TPSA) is 86.8 Å². The number of hydrogen-bond donors (Lipinski definition) is 2. The van der Waals surface area contributed by atoms with E-state index in [2.05, 4.69) is 9.97 Å². The SMILES string of the molecule is C[C@H](O)Cc1ccnc(-c2cnc3ccc(N4C[C@@H](F)C[C@@H]4c4cc(F)ccc4O)nn23)c1. The smallest absolute Gasteiger partial charge is 0.154 e. The van der Waals surface area contributed by atoms with Gasteiger partial charge in [0.15, 0.2) is 5.65 Å². The van der Waals surface area contributed by atoms with Crippen LogP contribution in [-0.4, -0.2) is 48.6 Å². The summed E-state index contributed by atoms with van der Waals surface area (Å²) in [6.45, 7) is 1.80. The third kappa shape index (κ3) is 4.11. The van der Waals surface area contributed by atoms with Crippen molar-refractivity contribution in [2.24, 2.45) is 0 Å². The Balaban J connectivity index is 1.55. The van der Waals surface area contributed by atoms with Crippen LogP contribution in [0.4, 0.5) is 14.6 Å². The van der Waals surface area contributed by atoms with Gasteiger partial charge in [-0.15, -0.1) is 5.10 Å². The molecule has 1 saturated heterocycles. The molecule has 0 amide bonds. The van der Waals surface area contributed by atoms with E-state index in [1.54, 1.807) is 40.9 Å². The molecule has 0 spiro atoms. The highest BCUT2D eigenvalue weighted by atomic mass is 19.1. The first kappa shape index (κ1) is 21.3. The van der Waals surface area contributed by atoms with E-state index in [0.29, 0.717) is 34.8 Å². The lowest BCUT2D eigenvalue weighted by atomic mass is 10.0. The van der Waals surface area contributed by atoms with Crippen molar-refractivity contribution >= 4 is 11.5 Å². The molecule has 7 nitrogen and oxygen atoms in total. The molecule has 0 unspecified atom stereocenters. The van der Waals surface area contributed by atoms with Crippen molar-refractivity contribution in [1.82, 2.24) is 19.6 Å². The van der Waals surface area contributed by atoms with E-state index in [1.807, 2.05) is 12.1 Å². The largest absolute Gasteiger partial charge is 0.508 e. The molecule has 3 atom stereocenters. The van der Waals surface area contributed by atoms with Crippen molar-refractivity contribution in [3.63, 3.8) is 0 Å². The summed E-state index contributed by atoms with van der Waals surface area (Å²) < 4.78 is 30.0. The number of aliphatic hydroxyl groups excluding tert-OH is 1. The number of imidazole rings is 1. The maximum atomic E-state index is 14.5. The van der Waals surface area contributed by atoms with Gasteiger partial charge >= 0.3 is 0 Å². The Hall–Kier alpha value is -3.59. The van der Waals surface area contributed by atoms with Gasteiger partial charge in [-0.3, -0.25) is 4.98 Å². The Morgan fingerprint density at radius 2 is 2.00 bits per heavy atom. The lowest BCUT2D eigenvalue weighted by molar-refractivity contribution is 0.195. The van der Waals surface area contributed by atoms with Crippen LogP contribution in [0.15, 0.2) is 54.9 Å². The lowest BCUT2D eigenvalue weighted by Crippen LogP contribution is -2.25. The number of benzene rings is 1. The number of nitrogens with zero attached hydrogens (tertiary/aromatic N) is 5. The molecular weight excluding hydrogens is 428 g/mol. The number of phenolic OH excluding ortho intramolecular Hbond substituents is 1. The third-order valence-electron chi connectivity index (χ3n) is 5.86. The predicted octanol–water partition coefficient (Wildman–Crippen LogP) is 3.85. The van der Waals surface area contributed by atoms with Crippen LogP contribution in [-0.2, 0) is 6.42 Å². The fourth-order valence-corrected chi connectivity index (χ4v) is 4.40. The molecule has 4 heterocycles. The molecule has 5 rings (SSSR count). The first-order chi connectivity index (χ1) is 15.9. The van der Waals surface area contributed by atoms with Crippen molar-refractivity contribution in [3.05, 3.63) is 71.8 Å². The second kappa shape index (κ2) is 8.40. The maximum absolute atomic E-state index is 14.5. The minimum atomic E-state index is -1.14. The van der Waals surface area contributed by atoms with Crippen LogP contribution >= 0.6 is 0 Å². The average molecular weight is 451 g/mol. The number of halogens is 2. The fraction of sp³-hybridized carbons (Fsp3) is 0.292. The molecule has 1 fully saturated rings. The van der Waals surface area contributed by atoms with Gasteiger partial charge in [-0.2, -0.15) is 0 Å². The van der Waals surface area contributed by atoms with Crippen molar-refractivity contribution < 1.29 is 19.0 Å². The summed E-state index contributed by atoms with van der Waals surface area (Å²) in [7, 11) is 0. The van der Waals surface area contributed by atoms with E-state index in [9.17, 15) is 19.0 Å². The van der Waals surface area contributed by atoms with E-state index in [0.717, 1.165) is 5.56 Å². The summed E-state index contributed by atoms with van der Waals surface area (Å²) in [6.07, 6.45) is 2.33. The predicted molar refractivity (Wildman–Crippen MR) is 119 cm³/mol. The number of aromatic nitrogens is 4. The highest BCUT2D eigenvalue weighted by Gasteiger charge is 2.36. The van der Waals surface area contributed by atoms with Gasteiger partial charge in [-0.05, 0) is 61.4 Å². The second-order valence-corrected chi connectivity index (χ2v) is 8.41. The number of phenols is 1. The fourth-order valence-electron chi connectivity index (χ4n) is 4.40. The number of alkyl halides is 1. The first-order valence-corrected chi connectivity index (χ1v) is 10.8. The molecule has 1 aliphatic heterocycles. The van der Waals surface area contributed by atoms with Crippen LogP contribution in [0.2, 0.25) is 0 Å². The van der Waals surface area contributed by atoms with Crippen molar-refractivity contribution in [1.29, 1.82) is 0 Å². The number of aliphatic hydroxyl groups is 1.